The van der Waals surface area contributed by atoms with Gasteiger partial charge in [0.1, 0.15) is 10.8 Å². The standard InChI is InChI=1S/C16H19N3S/c1-10(11-7-8-11)19(2)16-13(15(17)20)9-12-5-3-4-6-14(12)18-16/h3-6,9-11H,7-8H2,1-2H3,(H2,17,20). The largest absolute Gasteiger partial charge is 0.389 e. The van der Waals surface area contributed by atoms with Crippen LogP contribution >= 0.6 is 12.2 Å². The zero-order valence-electron chi connectivity index (χ0n) is 11.8. The summed E-state index contributed by atoms with van der Waals surface area (Å²) in [5, 5.41) is 1.08. The molecule has 0 radical (unpaired) electrons. The summed E-state index contributed by atoms with van der Waals surface area (Å²) in [5.41, 5.74) is 7.75. The van der Waals surface area contributed by atoms with Crippen molar-refractivity contribution in [1.82, 2.24) is 4.98 Å². The van der Waals surface area contributed by atoms with Crippen LogP contribution in [0.5, 0.6) is 0 Å². The third-order valence-electron chi connectivity index (χ3n) is 4.22. The van der Waals surface area contributed by atoms with E-state index in [1.54, 1.807) is 0 Å². The van der Waals surface area contributed by atoms with Gasteiger partial charge in [0.05, 0.1) is 11.1 Å². The normalized spacial score (nSPS) is 16.1. The van der Waals surface area contributed by atoms with Crippen LogP contribution in [0.15, 0.2) is 30.3 Å². The third kappa shape index (κ3) is 2.36. The predicted molar refractivity (Wildman–Crippen MR) is 88.2 cm³/mol. The minimum absolute atomic E-state index is 0.410. The first-order chi connectivity index (χ1) is 9.58. The van der Waals surface area contributed by atoms with E-state index in [0.29, 0.717) is 11.0 Å². The molecular formula is C16H19N3S. The number of fused-ring (bicyclic) bond motifs is 1. The van der Waals surface area contributed by atoms with Crippen LogP contribution < -0.4 is 10.6 Å². The highest BCUT2D eigenvalue weighted by molar-refractivity contribution is 7.80. The molecule has 0 aliphatic heterocycles. The Labute approximate surface area is 124 Å². The molecule has 1 saturated carbocycles. The van der Waals surface area contributed by atoms with Crippen molar-refractivity contribution in [3.05, 3.63) is 35.9 Å². The SMILES string of the molecule is CC(C1CC1)N(C)c1nc2ccccc2cc1C(N)=S. The van der Waals surface area contributed by atoms with Crippen LogP contribution in [-0.4, -0.2) is 23.1 Å². The molecular weight excluding hydrogens is 266 g/mol. The van der Waals surface area contributed by atoms with Gasteiger partial charge in [-0.2, -0.15) is 0 Å². The van der Waals surface area contributed by atoms with Gasteiger partial charge < -0.3 is 10.6 Å². The number of nitrogens with zero attached hydrogens (tertiary/aromatic N) is 2. The Balaban J connectivity index is 2.11. The number of anilines is 1. The highest BCUT2D eigenvalue weighted by Crippen LogP contribution is 2.37. The van der Waals surface area contributed by atoms with Crippen LogP contribution in [0.25, 0.3) is 10.9 Å². The second kappa shape index (κ2) is 5.02. The van der Waals surface area contributed by atoms with E-state index in [1.165, 1.54) is 12.8 Å². The van der Waals surface area contributed by atoms with Crippen LogP contribution in [0.1, 0.15) is 25.3 Å². The van der Waals surface area contributed by atoms with Gasteiger partial charge in [0.2, 0.25) is 0 Å². The van der Waals surface area contributed by atoms with E-state index >= 15 is 0 Å². The molecule has 3 nitrogen and oxygen atoms in total. The van der Waals surface area contributed by atoms with Gasteiger partial charge in [-0.05, 0) is 37.8 Å². The van der Waals surface area contributed by atoms with Gasteiger partial charge in [0.15, 0.2) is 0 Å². The van der Waals surface area contributed by atoms with E-state index in [0.717, 1.165) is 28.2 Å². The van der Waals surface area contributed by atoms with Gasteiger partial charge >= 0.3 is 0 Å². The molecule has 0 spiro atoms. The van der Waals surface area contributed by atoms with Gasteiger partial charge in [0.25, 0.3) is 0 Å². The van der Waals surface area contributed by atoms with E-state index in [1.807, 2.05) is 24.3 Å². The van der Waals surface area contributed by atoms with Crippen molar-refractivity contribution in [2.24, 2.45) is 11.7 Å². The maximum Gasteiger partial charge on any atom is 0.139 e. The number of rotatable bonds is 4. The molecule has 1 aliphatic carbocycles. The molecule has 0 amide bonds. The van der Waals surface area contributed by atoms with Crippen molar-refractivity contribution < 1.29 is 0 Å². The topological polar surface area (TPSA) is 42.2 Å². The summed E-state index contributed by atoms with van der Waals surface area (Å²) in [6.07, 6.45) is 2.61. The number of aromatic nitrogens is 1. The van der Waals surface area contributed by atoms with Crippen molar-refractivity contribution in [1.29, 1.82) is 0 Å². The van der Waals surface area contributed by atoms with Gasteiger partial charge in [-0.1, -0.05) is 30.4 Å². The van der Waals surface area contributed by atoms with E-state index in [4.69, 9.17) is 22.9 Å². The molecule has 1 fully saturated rings. The Morgan fingerprint density at radius 3 is 2.75 bits per heavy atom. The minimum Gasteiger partial charge on any atom is -0.389 e. The number of nitrogens with two attached hydrogens (primary N) is 1. The Hall–Kier alpha value is -1.68. The summed E-state index contributed by atoms with van der Waals surface area (Å²) in [5.74, 6) is 1.67. The first-order valence-electron chi connectivity index (χ1n) is 7.00. The van der Waals surface area contributed by atoms with Crippen LogP contribution in [0.3, 0.4) is 0 Å². The summed E-state index contributed by atoms with van der Waals surface area (Å²) >= 11 is 5.21. The first kappa shape index (κ1) is 13.3. The summed E-state index contributed by atoms with van der Waals surface area (Å²) in [6, 6.07) is 10.6. The summed E-state index contributed by atoms with van der Waals surface area (Å²) in [7, 11) is 2.09. The number of benzene rings is 1. The Bertz CT molecular complexity index is 664. The molecule has 1 aliphatic rings. The van der Waals surface area contributed by atoms with Gasteiger partial charge in [0, 0.05) is 18.5 Å². The molecule has 1 heterocycles. The summed E-state index contributed by atoms with van der Waals surface area (Å²) < 4.78 is 0. The van der Waals surface area contributed by atoms with Crippen molar-refractivity contribution in [3.63, 3.8) is 0 Å². The lowest BCUT2D eigenvalue weighted by molar-refractivity contribution is 0.604. The maximum atomic E-state index is 5.90. The molecule has 4 heteroatoms. The van der Waals surface area contributed by atoms with Crippen molar-refractivity contribution in [2.45, 2.75) is 25.8 Å². The fraction of sp³-hybridized carbons (Fsp3) is 0.375. The lowest BCUT2D eigenvalue weighted by Crippen LogP contribution is -2.33. The molecule has 2 aromatic rings. The number of thiocarbonyl (C=S) groups is 1. The molecule has 104 valence electrons. The molecule has 3 rings (SSSR count). The summed E-state index contributed by atoms with van der Waals surface area (Å²) in [4.78, 5) is 7.42. The van der Waals surface area contributed by atoms with Gasteiger partial charge in [-0.25, -0.2) is 4.98 Å². The Kier molecular flexibility index (Phi) is 3.34. The van der Waals surface area contributed by atoms with Gasteiger partial charge in [-0.15, -0.1) is 0 Å². The highest BCUT2D eigenvalue weighted by Gasteiger charge is 2.32. The molecule has 1 atom stereocenters. The zero-order valence-corrected chi connectivity index (χ0v) is 12.7. The minimum atomic E-state index is 0.410. The number of hydrogen-bond acceptors (Lipinski definition) is 3. The van der Waals surface area contributed by atoms with Gasteiger partial charge in [-0.3, -0.25) is 0 Å². The second-order valence-corrected chi connectivity index (χ2v) is 6.05. The summed E-state index contributed by atoms with van der Waals surface area (Å²) in [6.45, 7) is 2.25. The molecule has 1 unspecified atom stereocenters. The lowest BCUT2D eigenvalue weighted by atomic mass is 10.1. The fourth-order valence-corrected chi connectivity index (χ4v) is 2.79. The van der Waals surface area contributed by atoms with E-state index in [-0.39, 0.29) is 0 Å². The number of hydrogen-bond donors (Lipinski definition) is 1. The van der Waals surface area contributed by atoms with E-state index in [2.05, 4.69) is 24.9 Å². The van der Waals surface area contributed by atoms with Crippen LogP contribution in [-0.2, 0) is 0 Å². The molecule has 0 bridgehead atoms. The van der Waals surface area contributed by atoms with Crippen molar-refractivity contribution in [3.8, 4) is 0 Å². The van der Waals surface area contributed by atoms with Crippen LogP contribution in [0.2, 0.25) is 0 Å². The molecule has 2 N–H and O–H groups in total. The smallest absolute Gasteiger partial charge is 0.139 e. The molecule has 0 saturated heterocycles. The lowest BCUT2D eigenvalue weighted by Gasteiger charge is -2.28. The predicted octanol–water partition coefficient (Wildman–Crippen LogP) is 3.10. The second-order valence-electron chi connectivity index (χ2n) is 5.61. The Morgan fingerprint density at radius 1 is 1.40 bits per heavy atom. The van der Waals surface area contributed by atoms with Crippen LogP contribution in [0, 0.1) is 5.92 Å². The van der Waals surface area contributed by atoms with Crippen molar-refractivity contribution in [2.75, 3.05) is 11.9 Å². The number of para-hydroxylation sites is 1. The highest BCUT2D eigenvalue weighted by atomic mass is 32.1. The zero-order chi connectivity index (χ0) is 14.3. The first-order valence-corrected chi connectivity index (χ1v) is 7.41. The fourth-order valence-electron chi connectivity index (χ4n) is 2.64. The molecule has 1 aromatic heterocycles. The van der Waals surface area contributed by atoms with Crippen molar-refractivity contribution >= 4 is 33.9 Å². The van der Waals surface area contributed by atoms with Crippen LogP contribution in [0.4, 0.5) is 5.82 Å². The number of pyridine rings is 1. The Morgan fingerprint density at radius 2 is 2.10 bits per heavy atom. The molecule has 20 heavy (non-hydrogen) atoms. The average molecular weight is 285 g/mol. The maximum absolute atomic E-state index is 5.90. The molecule has 1 aromatic carbocycles. The van der Waals surface area contributed by atoms with E-state index in [9.17, 15) is 0 Å². The quantitative estimate of drug-likeness (QED) is 0.877. The average Bonchev–Trinajstić information content (AvgIpc) is 3.28. The third-order valence-corrected chi connectivity index (χ3v) is 4.44. The monoisotopic (exact) mass is 285 g/mol. The van der Waals surface area contributed by atoms with E-state index < -0.39 is 0 Å².